The molecule has 1 heterocycles. The van der Waals surface area contributed by atoms with Crippen LogP contribution >= 0.6 is 11.6 Å². The lowest BCUT2D eigenvalue weighted by Crippen LogP contribution is -2.51. The van der Waals surface area contributed by atoms with Crippen LogP contribution in [0.5, 0.6) is 0 Å². The number of nitrogens with zero attached hydrogens (tertiary/aromatic N) is 2. The van der Waals surface area contributed by atoms with Gasteiger partial charge in [0.05, 0.1) is 11.4 Å². The van der Waals surface area contributed by atoms with Crippen LogP contribution < -0.4 is 5.73 Å². The average Bonchev–Trinajstić information content (AvgIpc) is 2.46. The second-order valence-corrected chi connectivity index (χ2v) is 6.82. The van der Waals surface area contributed by atoms with Gasteiger partial charge in [-0.15, -0.1) is 0 Å². The Morgan fingerprint density at radius 1 is 1.25 bits per heavy atom. The van der Waals surface area contributed by atoms with Gasteiger partial charge in [0, 0.05) is 31.2 Å². The van der Waals surface area contributed by atoms with Gasteiger partial charge in [-0.05, 0) is 18.2 Å². The van der Waals surface area contributed by atoms with Crippen molar-refractivity contribution in [2.75, 3.05) is 32.7 Å². The maximum absolute atomic E-state index is 12.4. The van der Waals surface area contributed by atoms with Crippen molar-refractivity contribution in [3.63, 3.8) is 0 Å². The van der Waals surface area contributed by atoms with E-state index in [1.165, 1.54) is 16.4 Å². The highest BCUT2D eigenvalue weighted by atomic mass is 35.5. The molecule has 0 spiro atoms. The van der Waals surface area contributed by atoms with Crippen LogP contribution in [0.3, 0.4) is 0 Å². The summed E-state index contributed by atoms with van der Waals surface area (Å²) in [6.45, 7) is 1.19. The fraction of sp³-hybridized carbons (Fsp3) is 0.417. The van der Waals surface area contributed by atoms with Crippen molar-refractivity contribution in [1.29, 1.82) is 0 Å². The molecular weight excluding hydrogens is 302 g/mol. The topological polar surface area (TPSA) is 83.7 Å². The van der Waals surface area contributed by atoms with Gasteiger partial charge in [-0.2, -0.15) is 4.31 Å². The van der Waals surface area contributed by atoms with E-state index in [-0.39, 0.29) is 30.4 Å². The molecule has 1 fully saturated rings. The van der Waals surface area contributed by atoms with E-state index in [2.05, 4.69) is 0 Å². The number of hydrogen-bond donors (Lipinski definition) is 1. The fourth-order valence-electron chi connectivity index (χ4n) is 2.08. The number of rotatable bonds is 3. The molecule has 1 aromatic rings. The molecule has 1 aromatic carbocycles. The van der Waals surface area contributed by atoms with Crippen LogP contribution in [0.4, 0.5) is 0 Å². The number of piperazine rings is 1. The lowest BCUT2D eigenvalue weighted by atomic mass is 10.3. The Labute approximate surface area is 123 Å². The second-order valence-electron chi connectivity index (χ2n) is 4.45. The highest BCUT2D eigenvalue weighted by molar-refractivity contribution is 7.89. The van der Waals surface area contributed by atoms with E-state index in [0.29, 0.717) is 18.1 Å². The number of amides is 1. The number of benzene rings is 1. The van der Waals surface area contributed by atoms with Crippen LogP contribution in [0.25, 0.3) is 0 Å². The predicted octanol–water partition coefficient (Wildman–Crippen LogP) is 0.132. The maximum Gasteiger partial charge on any atom is 0.243 e. The van der Waals surface area contributed by atoms with Crippen LogP contribution in [-0.2, 0) is 14.8 Å². The van der Waals surface area contributed by atoms with Gasteiger partial charge in [0.15, 0.2) is 0 Å². The van der Waals surface area contributed by atoms with E-state index in [1.54, 1.807) is 17.0 Å². The molecule has 0 unspecified atom stereocenters. The van der Waals surface area contributed by atoms with Gasteiger partial charge in [0.2, 0.25) is 15.9 Å². The summed E-state index contributed by atoms with van der Waals surface area (Å²) >= 11 is 5.82. The quantitative estimate of drug-likeness (QED) is 0.859. The molecule has 6 nitrogen and oxygen atoms in total. The van der Waals surface area contributed by atoms with E-state index in [9.17, 15) is 13.2 Å². The first-order chi connectivity index (χ1) is 9.45. The van der Waals surface area contributed by atoms with Crippen LogP contribution in [0.1, 0.15) is 0 Å². The zero-order valence-electron chi connectivity index (χ0n) is 10.8. The van der Waals surface area contributed by atoms with Gasteiger partial charge in [0.1, 0.15) is 0 Å². The molecule has 0 saturated carbocycles. The van der Waals surface area contributed by atoms with Crippen molar-refractivity contribution in [3.05, 3.63) is 29.3 Å². The molecule has 1 amide bonds. The van der Waals surface area contributed by atoms with Crippen molar-refractivity contribution in [3.8, 4) is 0 Å². The highest BCUT2D eigenvalue weighted by Crippen LogP contribution is 2.20. The molecule has 2 N–H and O–H groups in total. The summed E-state index contributed by atoms with van der Waals surface area (Å²) in [7, 11) is -3.56. The van der Waals surface area contributed by atoms with Gasteiger partial charge in [-0.3, -0.25) is 4.79 Å². The minimum absolute atomic E-state index is 0.0545. The number of nitrogens with two attached hydrogens (primary N) is 1. The Balaban J connectivity index is 2.11. The first-order valence-corrected chi connectivity index (χ1v) is 8.00. The largest absolute Gasteiger partial charge is 0.339 e. The molecular formula is C12H16ClN3O3S. The van der Waals surface area contributed by atoms with Gasteiger partial charge in [0.25, 0.3) is 0 Å². The van der Waals surface area contributed by atoms with Crippen molar-refractivity contribution in [2.45, 2.75) is 4.90 Å². The monoisotopic (exact) mass is 317 g/mol. The summed E-state index contributed by atoms with van der Waals surface area (Å²) in [4.78, 5) is 13.2. The van der Waals surface area contributed by atoms with Gasteiger partial charge >= 0.3 is 0 Å². The smallest absolute Gasteiger partial charge is 0.243 e. The molecule has 0 bridgehead atoms. The summed E-state index contributed by atoms with van der Waals surface area (Å²) in [5, 5.41) is 0.378. The molecule has 0 aliphatic carbocycles. The number of sulfonamides is 1. The van der Waals surface area contributed by atoms with E-state index in [1.807, 2.05) is 0 Å². The molecule has 1 aliphatic rings. The van der Waals surface area contributed by atoms with Crippen molar-refractivity contribution in [2.24, 2.45) is 5.73 Å². The lowest BCUT2D eigenvalue weighted by Gasteiger charge is -2.33. The third kappa shape index (κ3) is 3.12. The molecule has 110 valence electrons. The van der Waals surface area contributed by atoms with E-state index < -0.39 is 10.0 Å². The number of hydrogen-bond acceptors (Lipinski definition) is 4. The van der Waals surface area contributed by atoms with E-state index in [0.717, 1.165) is 0 Å². The van der Waals surface area contributed by atoms with Gasteiger partial charge < -0.3 is 10.6 Å². The highest BCUT2D eigenvalue weighted by Gasteiger charge is 2.29. The summed E-state index contributed by atoms with van der Waals surface area (Å²) in [5.41, 5.74) is 5.29. The normalized spacial score (nSPS) is 17.2. The van der Waals surface area contributed by atoms with Crippen molar-refractivity contribution in [1.82, 2.24) is 9.21 Å². The minimum atomic E-state index is -3.56. The fourth-order valence-corrected chi connectivity index (χ4v) is 3.81. The Bertz CT molecular complexity index is 598. The SMILES string of the molecule is NCC(=O)N1CCN(S(=O)(=O)c2cccc(Cl)c2)CC1. The molecule has 8 heteroatoms. The molecule has 0 aromatic heterocycles. The second kappa shape index (κ2) is 6.09. The third-order valence-electron chi connectivity index (χ3n) is 3.20. The number of carbonyl (C=O) groups is 1. The van der Waals surface area contributed by atoms with E-state index in [4.69, 9.17) is 17.3 Å². The van der Waals surface area contributed by atoms with Crippen LogP contribution in [0.2, 0.25) is 5.02 Å². The molecule has 0 atom stereocenters. The van der Waals surface area contributed by atoms with Crippen LogP contribution in [0.15, 0.2) is 29.2 Å². The molecule has 2 rings (SSSR count). The predicted molar refractivity (Wildman–Crippen MR) is 75.8 cm³/mol. The summed E-state index contributed by atoms with van der Waals surface area (Å²) in [6, 6.07) is 6.16. The standard InChI is InChI=1S/C12H16ClN3O3S/c13-10-2-1-3-11(8-10)20(18,19)16-6-4-15(5-7-16)12(17)9-14/h1-3,8H,4-7,9,14H2. The Morgan fingerprint density at radius 3 is 2.45 bits per heavy atom. The minimum Gasteiger partial charge on any atom is -0.339 e. The zero-order chi connectivity index (χ0) is 14.8. The Hall–Kier alpha value is -1.15. The van der Waals surface area contributed by atoms with Crippen molar-refractivity contribution >= 4 is 27.5 Å². The summed E-state index contributed by atoms with van der Waals surface area (Å²) < 4.78 is 26.2. The van der Waals surface area contributed by atoms with Crippen molar-refractivity contribution < 1.29 is 13.2 Å². The third-order valence-corrected chi connectivity index (χ3v) is 5.33. The summed E-state index contributed by atoms with van der Waals surface area (Å²) in [5.74, 6) is -0.162. The lowest BCUT2D eigenvalue weighted by molar-refractivity contribution is -0.130. The Morgan fingerprint density at radius 2 is 1.90 bits per heavy atom. The van der Waals surface area contributed by atoms with Crippen LogP contribution in [0, 0.1) is 0 Å². The first-order valence-electron chi connectivity index (χ1n) is 6.18. The number of carbonyl (C=O) groups excluding carboxylic acids is 1. The Kier molecular flexibility index (Phi) is 4.64. The molecule has 20 heavy (non-hydrogen) atoms. The molecule has 1 saturated heterocycles. The van der Waals surface area contributed by atoms with E-state index >= 15 is 0 Å². The maximum atomic E-state index is 12.4. The zero-order valence-corrected chi connectivity index (χ0v) is 12.4. The van der Waals surface area contributed by atoms with Crippen LogP contribution in [-0.4, -0.2) is 56.3 Å². The first kappa shape index (κ1) is 15.2. The molecule has 0 radical (unpaired) electrons. The van der Waals surface area contributed by atoms with Gasteiger partial charge in [-0.25, -0.2) is 8.42 Å². The summed E-state index contributed by atoms with van der Waals surface area (Å²) in [6.07, 6.45) is 0. The van der Waals surface area contributed by atoms with Gasteiger partial charge in [-0.1, -0.05) is 17.7 Å². The molecule has 1 aliphatic heterocycles. The number of halogens is 1. The average molecular weight is 318 g/mol.